The molecule has 6 rings (SSSR count). The lowest BCUT2D eigenvalue weighted by Gasteiger charge is -2.38. The van der Waals surface area contributed by atoms with Crippen molar-refractivity contribution in [3.63, 3.8) is 0 Å². The van der Waals surface area contributed by atoms with Gasteiger partial charge in [0, 0.05) is 11.8 Å². The van der Waals surface area contributed by atoms with Gasteiger partial charge in [-0.2, -0.15) is 0 Å². The van der Waals surface area contributed by atoms with Crippen molar-refractivity contribution in [2.75, 3.05) is 0 Å². The van der Waals surface area contributed by atoms with Crippen LogP contribution in [-0.4, -0.2) is 24.1 Å². The number of esters is 2. The summed E-state index contributed by atoms with van der Waals surface area (Å²) in [6, 6.07) is 0. The Morgan fingerprint density at radius 2 is 2.14 bits per heavy atom. The Kier molecular flexibility index (Phi) is 1.72. The van der Waals surface area contributed by atoms with Crippen molar-refractivity contribution in [3.05, 3.63) is 12.2 Å². The van der Waals surface area contributed by atoms with Gasteiger partial charge in [-0.1, -0.05) is 12.2 Å². The summed E-state index contributed by atoms with van der Waals surface area (Å²) in [4.78, 5) is 24.3. The van der Waals surface area contributed by atoms with E-state index in [1.165, 1.54) is 0 Å². The molecule has 1 saturated heterocycles. The second kappa shape index (κ2) is 3.21. The molecule has 0 aromatic carbocycles. The monoisotopic (exact) mass is 286 g/mol. The maximum absolute atomic E-state index is 12.5. The van der Waals surface area contributed by atoms with Crippen LogP contribution in [-0.2, 0) is 19.1 Å². The van der Waals surface area contributed by atoms with Crippen LogP contribution in [0.2, 0.25) is 0 Å². The molecule has 4 nitrogen and oxygen atoms in total. The Labute approximate surface area is 122 Å². The first-order valence-corrected chi connectivity index (χ1v) is 8.27. The highest BCUT2D eigenvalue weighted by atomic mass is 16.6. The fourth-order valence-electron chi connectivity index (χ4n) is 6.59. The van der Waals surface area contributed by atoms with Crippen LogP contribution in [0, 0.1) is 40.9 Å². The Bertz CT molecular complexity index is 610. The first kappa shape index (κ1) is 11.3. The third-order valence-electron chi connectivity index (χ3n) is 7.46. The molecule has 1 aliphatic heterocycles. The van der Waals surface area contributed by atoms with E-state index < -0.39 is 0 Å². The molecule has 4 bridgehead atoms. The molecule has 4 heteroatoms. The molecule has 1 heterocycles. The van der Waals surface area contributed by atoms with Crippen molar-refractivity contribution in [1.29, 1.82) is 0 Å². The summed E-state index contributed by atoms with van der Waals surface area (Å²) in [5, 5.41) is 0. The lowest BCUT2D eigenvalue weighted by atomic mass is 9.69. The molecule has 5 aliphatic carbocycles. The summed E-state index contributed by atoms with van der Waals surface area (Å²) in [5.41, 5.74) is 0.180. The molecule has 0 aromatic heterocycles. The highest BCUT2D eigenvalue weighted by molar-refractivity contribution is 5.77. The van der Waals surface area contributed by atoms with E-state index in [0.717, 1.165) is 19.3 Å². The van der Waals surface area contributed by atoms with Gasteiger partial charge in [0.15, 0.2) is 0 Å². The van der Waals surface area contributed by atoms with E-state index in [1.54, 1.807) is 0 Å². The highest BCUT2D eigenvalue weighted by Crippen LogP contribution is 2.85. The van der Waals surface area contributed by atoms with Gasteiger partial charge >= 0.3 is 11.9 Å². The Hall–Kier alpha value is -1.32. The molecule has 4 saturated carbocycles. The van der Waals surface area contributed by atoms with E-state index in [1.807, 2.05) is 0 Å². The van der Waals surface area contributed by atoms with E-state index in [-0.39, 0.29) is 35.5 Å². The number of allylic oxidation sites excluding steroid dienone is 2. The molecule has 0 amide bonds. The zero-order valence-electron chi connectivity index (χ0n) is 11.7. The summed E-state index contributed by atoms with van der Waals surface area (Å²) in [5.74, 6) is 2.45. The predicted octanol–water partition coefficient (Wildman–Crippen LogP) is 1.69. The van der Waals surface area contributed by atoms with Gasteiger partial charge in [-0.05, 0) is 42.4 Å². The second-order valence-corrected chi connectivity index (χ2v) is 8.01. The smallest absolute Gasteiger partial charge is 0.309 e. The average Bonchev–Trinajstić information content (AvgIpc) is 2.89. The molecule has 0 N–H and O–H groups in total. The lowest BCUT2D eigenvalue weighted by Crippen LogP contribution is -2.44. The fraction of sp³-hybridized carbons (Fsp3) is 0.765. The second-order valence-electron chi connectivity index (χ2n) is 8.01. The van der Waals surface area contributed by atoms with Gasteiger partial charge in [-0.15, -0.1) is 0 Å². The first-order valence-electron chi connectivity index (χ1n) is 8.27. The summed E-state index contributed by atoms with van der Waals surface area (Å²) in [6.07, 6.45) is 7.89. The largest absolute Gasteiger partial charge is 0.458 e. The lowest BCUT2D eigenvalue weighted by molar-refractivity contribution is -0.175. The molecule has 9 atom stereocenters. The minimum Gasteiger partial charge on any atom is -0.458 e. The molecule has 21 heavy (non-hydrogen) atoms. The van der Waals surface area contributed by atoms with Gasteiger partial charge in [-0.25, -0.2) is 0 Å². The Morgan fingerprint density at radius 3 is 2.90 bits per heavy atom. The Morgan fingerprint density at radius 1 is 1.24 bits per heavy atom. The average molecular weight is 286 g/mol. The summed E-state index contributed by atoms with van der Waals surface area (Å²) in [6.45, 7) is 0. The van der Waals surface area contributed by atoms with Crippen molar-refractivity contribution in [3.8, 4) is 0 Å². The van der Waals surface area contributed by atoms with E-state index in [2.05, 4.69) is 12.2 Å². The van der Waals surface area contributed by atoms with E-state index >= 15 is 0 Å². The van der Waals surface area contributed by atoms with Crippen LogP contribution in [0.3, 0.4) is 0 Å². The minimum absolute atomic E-state index is 0.0419. The summed E-state index contributed by atoms with van der Waals surface area (Å²) in [7, 11) is 0. The van der Waals surface area contributed by atoms with Crippen LogP contribution in [0.15, 0.2) is 12.2 Å². The number of carbonyl (C=O) groups excluding carboxylic acids is 2. The fourth-order valence-corrected chi connectivity index (χ4v) is 6.59. The summed E-state index contributed by atoms with van der Waals surface area (Å²) >= 11 is 0. The van der Waals surface area contributed by atoms with Crippen LogP contribution in [0.1, 0.15) is 25.7 Å². The van der Waals surface area contributed by atoms with Crippen LogP contribution in [0.5, 0.6) is 0 Å². The van der Waals surface area contributed by atoms with Crippen molar-refractivity contribution in [2.45, 2.75) is 37.9 Å². The van der Waals surface area contributed by atoms with Gasteiger partial charge in [0.25, 0.3) is 0 Å². The number of carbonyl (C=O) groups is 2. The molecule has 1 spiro atoms. The zero-order chi connectivity index (χ0) is 13.9. The molecular formula is C17H18O4. The molecule has 0 radical (unpaired) electrons. The molecule has 5 fully saturated rings. The van der Waals surface area contributed by atoms with Gasteiger partial charge in [0.1, 0.15) is 12.2 Å². The van der Waals surface area contributed by atoms with Crippen molar-refractivity contribution >= 4 is 11.9 Å². The van der Waals surface area contributed by atoms with Crippen LogP contribution < -0.4 is 0 Å². The quantitative estimate of drug-likeness (QED) is 0.572. The maximum Gasteiger partial charge on any atom is 0.309 e. The number of hydrogen-bond acceptors (Lipinski definition) is 4. The number of rotatable bonds is 2. The molecule has 6 aliphatic rings. The number of hydrogen-bond donors (Lipinski definition) is 0. The highest BCUT2D eigenvalue weighted by Gasteiger charge is 2.88. The molecule has 0 aromatic rings. The summed E-state index contributed by atoms with van der Waals surface area (Å²) < 4.78 is 11.4. The van der Waals surface area contributed by atoms with E-state index in [0.29, 0.717) is 36.0 Å². The van der Waals surface area contributed by atoms with Gasteiger partial charge in [-0.3, -0.25) is 9.59 Å². The topological polar surface area (TPSA) is 52.6 Å². The minimum atomic E-state index is -0.151. The van der Waals surface area contributed by atoms with Crippen LogP contribution in [0.25, 0.3) is 0 Å². The number of ether oxygens (including phenoxy) is 2. The third kappa shape index (κ3) is 1.10. The van der Waals surface area contributed by atoms with Crippen molar-refractivity contribution in [2.24, 2.45) is 40.9 Å². The predicted molar refractivity (Wildman–Crippen MR) is 70.7 cm³/mol. The van der Waals surface area contributed by atoms with Crippen molar-refractivity contribution in [1.82, 2.24) is 0 Å². The Balaban J connectivity index is 1.24. The van der Waals surface area contributed by atoms with Gasteiger partial charge in [0.2, 0.25) is 0 Å². The van der Waals surface area contributed by atoms with E-state index in [9.17, 15) is 9.59 Å². The standard InChI is InChI=1S/C17H18O4/c18-12-6-17-10-5-11(17)14(15(20-12)13(10)17)21-16(19)9-4-7-1-2-8(9)3-7/h1-2,7-11,13-15H,3-6H2/t7?,8?,9?,10?,11-,13?,14?,15?,17?/m0/s1. The van der Waals surface area contributed by atoms with Crippen LogP contribution in [0.4, 0.5) is 0 Å². The molecular weight excluding hydrogens is 268 g/mol. The van der Waals surface area contributed by atoms with Gasteiger partial charge in [0.05, 0.1) is 12.3 Å². The molecule has 110 valence electrons. The maximum atomic E-state index is 12.5. The van der Waals surface area contributed by atoms with Crippen molar-refractivity contribution < 1.29 is 19.1 Å². The van der Waals surface area contributed by atoms with Gasteiger partial charge < -0.3 is 9.47 Å². The number of fused-ring (bicyclic) bond motifs is 2. The van der Waals surface area contributed by atoms with Crippen LogP contribution >= 0.6 is 0 Å². The normalized spacial score (nSPS) is 60.3. The SMILES string of the molecule is O=C1CC23C4C[C@H]2C(OC(=O)C2CC5C=CC2C5)C(O1)C43. The van der Waals surface area contributed by atoms with E-state index in [4.69, 9.17) is 9.47 Å². The molecule has 8 unspecified atom stereocenters. The first-order chi connectivity index (χ1) is 10.2. The zero-order valence-corrected chi connectivity index (χ0v) is 11.7. The third-order valence-corrected chi connectivity index (χ3v) is 7.46.